The molecule has 6 aromatic rings. The van der Waals surface area contributed by atoms with Crippen LogP contribution in [0.25, 0.3) is 0 Å². The molecule has 7 rings (SSSR count). The molecular weight excluding hydrogens is 1790 g/mol. The van der Waals surface area contributed by atoms with E-state index >= 15 is 0 Å². The summed E-state index contributed by atoms with van der Waals surface area (Å²) in [5.74, 6) is -0.228. The van der Waals surface area contributed by atoms with Crippen LogP contribution >= 0.6 is 23.2 Å². The fourth-order valence-electron chi connectivity index (χ4n) is 9.33. The summed E-state index contributed by atoms with van der Waals surface area (Å²) in [6.45, 7) is 44.9. The Balaban J connectivity index is -0.000000475. The molecule has 5 aromatic carbocycles. The summed E-state index contributed by atoms with van der Waals surface area (Å²) < 4.78 is 89.7. The van der Waals surface area contributed by atoms with Gasteiger partial charge in [-0.2, -0.15) is 70.7 Å². The highest BCUT2D eigenvalue weighted by molar-refractivity contribution is 6.42. The molecule has 0 saturated carbocycles. The van der Waals surface area contributed by atoms with Crippen molar-refractivity contribution in [3.8, 4) is 23.0 Å². The van der Waals surface area contributed by atoms with E-state index in [4.69, 9.17) is 128 Å². The van der Waals surface area contributed by atoms with Crippen molar-refractivity contribution < 1.29 is 147 Å². The van der Waals surface area contributed by atoms with Crippen LogP contribution in [0, 0.1) is 43.4 Å². The third-order valence-corrected chi connectivity index (χ3v) is 15.1. The summed E-state index contributed by atoms with van der Waals surface area (Å²) >= 11 is 11.9. The predicted molar refractivity (Wildman–Crippen MR) is 480 cm³/mol. The number of ether oxygens (including phenoxy) is 10. The Morgan fingerprint density at radius 2 is 0.707 bits per heavy atom. The molecule has 0 N–H and O–H groups in total. The van der Waals surface area contributed by atoms with Crippen molar-refractivity contribution in [2.45, 2.75) is 209 Å². The van der Waals surface area contributed by atoms with E-state index < -0.39 is 29.6 Å². The average molecular weight is 1910 g/mol. The maximum absolute atomic E-state index is 12.7. The number of hydrogen-bond acceptors (Lipinski definition) is 35. The molecule has 40 heteroatoms. The second-order valence-electron chi connectivity index (χ2n) is 28.9. The Bertz CT molecular complexity index is 4850. The van der Waals surface area contributed by atoms with E-state index in [1.807, 2.05) is 144 Å². The van der Waals surface area contributed by atoms with Gasteiger partial charge in [0.1, 0.15) is 51.5 Å². The minimum Gasteiger partial charge on any atom is -0.497 e. The van der Waals surface area contributed by atoms with E-state index in [0.29, 0.717) is 97.4 Å². The Labute approximate surface area is 780 Å². The van der Waals surface area contributed by atoms with Crippen LogP contribution in [0.4, 0.5) is 47.3 Å². The van der Waals surface area contributed by atoms with Gasteiger partial charge in [0.05, 0.1) is 102 Å². The highest BCUT2D eigenvalue weighted by Crippen LogP contribution is 2.37. The largest absolute Gasteiger partial charge is 0.497 e. The van der Waals surface area contributed by atoms with E-state index in [2.05, 4.69) is 41.0 Å². The number of carbonyl (C=O) groups excluding carboxylic acids is 18. The molecule has 0 unspecified atom stereocenters. The van der Waals surface area contributed by atoms with Crippen LogP contribution < -0.4 is 18.9 Å². The fraction of sp³-hybridized carbons (Fsp3) is 0.430. The van der Waals surface area contributed by atoms with Gasteiger partial charge in [-0.1, -0.05) is 118 Å². The van der Waals surface area contributed by atoms with Gasteiger partial charge < -0.3 is 47.4 Å². The van der Waals surface area contributed by atoms with Gasteiger partial charge in [0.25, 0.3) is 0 Å². The number of esters is 6. The molecule has 0 aliphatic carbocycles. The first-order valence-electron chi connectivity index (χ1n) is 40.2. The number of para-hydroxylation sites is 1. The minimum absolute atomic E-state index is 0.0152. The zero-order valence-corrected chi connectivity index (χ0v) is 80.4. The molecule has 133 heavy (non-hydrogen) atoms. The summed E-state index contributed by atoms with van der Waals surface area (Å²) in [4.78, 5) is 199. The zero-order valence-electron chi connectivity index (χ0n) is 78.9. The Morgan fingerprint density at radius 3 is 1.02 bits per heavy atom. The number of fused-ring (bicyclic) bond motifs is 1. The van der Waals surface area contributed by atoms with Gasteiger partial charge in [-0.05, 0) is 174 Å². The first-order valence-corrected chi connectivity index (χ1v) is 41.0. The summed E-state index contributed by atoms with van der Waals surface area (Å²) in [7, 11) is 3.14. The third-order valence-electron chi connectivity index (χ3n) is 14.5. The van der Waals surface area contributed by atoms with Crippen molar-refractivity contribution in [3.63, 3.8) is 0 Å². The molecule has 724 valence electrons. The molecule has 2 heterocycles. The second kappa shape index (κ2) is 72.7. The maximum Gasteiger partial charge on any atom is 0.416 e. The van der Waals surface area contributed by atoms with Crippen LogP contribution in [0.15, 0.2) is 152 Å². The smallest absolute Gasteiger partial charge is 0.416 e. The monoisotopic (exact) mass is 1900 g/mol. The Hall–Kier alpha value is -14.1. The number of rotatable bonds is 26. The van der Waals surface area contributed by atoms with Gasteiger partial charge in [0.2, 0.25) is 6.79 Å². The van der Waals surface area contributed by atoms with Crippen LogP contribution in [-0.2, 0) is 121 Å². The summed E-state index contributed by atoms with van der Waals surface area (Å²) in [5.41, 5.74) is 6.75. The average Bonchev–Trinajstić information content (AvgIpc) is 1.81. The number of aromatic nitrogens is 1. The first kappa shape index (κ1) is 127. The van der Waals surface area contributed by atoms with Crippen molar-refractivity contribution >= 4 is 164 Å². The van der Waals surface area contributed by atoms with Crippen molar-refractivity contribution in [2.24, 2.45) is 59.5 Å². The summed E-state index contributed by atoms with van der Waals surface area (Å²) in [6, 6.07) is 29.8. The van der Waals surface area contributed by atoms with Gasteiger partial charge in [0, 0.05) is 60.1 Å². The van der Waals surface area contributed by atoms with Crippen LogP contribution in [0.5, 0.6) is 23.0 Å². The number of aryl methyl sites for hydroxylation is 2. The number of methoxy groups -OCH3 is 2. The van der Waals surface area contributed by atoms with E-state index in [-0.39, 0.29) is 133 Å². The van der Waals surface area contributed by atoms with Crippen molar-refractivity contribution in [1.29, 1.82) is 0 Å². The van der Waals surface area contributed by atoms with Gasteiger partial charge >= 0.3 is 78.9 Å². The maximum atomic E-state index is 12.7. The first-order chi connectivity index (χ1) is 62.3. The standard InChI is InChI=1S/C16H23NO4.C16H23NO2.C15H18F3NO2.C15H19NO4.C13H18N2O2.C12H13Cl2NO2.6CO2/c1-10(2)15(16(18)21-11(3)4)17-12-7-13(19-5)9-14(8-12)20-6;1-10(2)15(16(18)19-11(3)4)17-14-8-12(5)7-13(6)9-14;1-9(2)13(14(20)21-10(3)4)19-12-7-5-6-11(8-12)15(16,17)18;1-9(2)14(15(17)20-10(3)4)16-11-5-6-12-13(7-11)19-8-18-12;1-9(2)12(13(16)17-10(3)4)15-11-6-5-7-14-8-11;1-3-10(12(16)17-4-2)15-11-8(13)6-5-7-9(11)14;6*2-1-3/h7-11H,1-6H3;7-11H,1-6H3;5-10H,1-4H3;5-7,9-10H,8H2,1-4H3;5-10H,1-4H3;5-7H,3-4H2,1-2H3;;;;;;. The number of hydrogen-bond donors (Lipinski definition) is 0. The molecule has 0 atom stereocenters. The summed E-state index contributed by atoms with van der Waals surface area (Å²) in [5, 5.41) is 0.820. The molecule has 1 aromatic heterocycles. The molecule has 0 saturated heterocycles. The number of aliphatic imine (C=N–C) groups is 6. The van der Waals surface area contributed by atoms with Crippen molar-refractivity contribution in [1.82, 2.24) is 4.98 Å². The van der Waals surface area contributed by atoms with Gasteiger partial charge in [-0.25, -0.2) is 58.7 Å². The van der Waals surface area contributed by atoms with E-state index in [1.165, 1.54) is 12.1 Å². The SMILES string of the molecule is CC(C)OC(=O)C(=Nc1ccc2c(c1)OCO2)C(C)C.CC(C)OC(=O)C(=Nc1cccc(C(F)(F)F)c1)C(C)C.CC(C)OC(=O)C(=Nc1cccnc1)C(C)C.CCOC(=O)C(CC)=Nc1c(Cl)cccc1Cl.COc1cc(N=C(C(=O)OC(C)C)C(C)C)cc(OC)c1.Cc1cc(C)cc(N=C(C(=O)OC(C)C)C(C)C)c1.O=C=O.O=C=O.O=C=O.O=C=O.O=C=O.O=C=O. The zero-order chi connectivity index (χ0) is 103. The number of pyridine rings is 1. The van der Waals surface area contributed by atoms with Crippen LogP contribution in [0.3, 0.4) is 0 Å². The molecule has 0 spiro atoms. The van der Waals surface area contributed by atoms with Crippen LogP contribution in [0.1, 0.15) is 175 Å². The fourth-order valence-corrected chi connectivity index (χ4v) is 9.81. The molecule has 0 fully saturated rings. The lowest BCUT2D eigenvalue weighted by molar-refractivity contribution is -0.193. The Kier molecular flexibility index (Phi) is 69.7. The molecule has 0 radical (unpaired) electrons. The number of nitrogens with zero attached hydrogens (tertiary/aromatic N) is 7. The number of carbonyl (C=O) groups is 6. The van der Waals surface area contributed by atoms with Crippen molar-refractivity contribution in [3.05, 3.63) is 148 Å². The summed E-state index contributed by atoms with van der Waals surface area (Å²) in [6.07, 6.45) is -0.128. The quantitative estimate of drug-likeness (QED) is 0.0276. The lowest BCUT2D eigenvalue weighted by atomic mass is 10.1. The van der Waals surface area contributed by atoms with Gasteiger partial charge in [-0.15, -0.1) is 0 Å². The van der Waals surface area contributed by atoms with Crippen LogP contribution in [0.2, 0.25) is 10.0 Å². The highest BCUT2D eigenvalue weighted by Gasteiger charge is 2.31. The van der Waals surface area contributed by atoms with E-state index in [0.717, 1.165) is 28.9 Å². The van der Waals surface area contributed by atoms with Crippen molar-refractivity contribution in [2.75, 3.05) is 27.6 Å². The molecule has 1 aliphatic rings. The molecular formula is C93H114Cl2F3N7O28. The predicted octanol–water partition coefficient (Wildman–Crippen LogP) is 18.1. The molecule has 35 nitrogen and oxygen atoms in total. The highest BCUT2D eigenvalue weighted by atomic mass is 35.5. The number of alkyl halides is 3. The number of halogens is 5. The normalized spacial score (nSPS) is 11.1. The lowest BCUT2D eigenvalue weighted by Crippen LogP contribution is -2.25. The molecule has 0 amide bonds. The topological polar surface area (TPSA) is 487 Å². The van der Waals surface area contributed by atoms with Crippen LogP contribution in [-0.4, -0.2) is 170 Å². The number of benzene rings is 5. The van der Waals surface area contributed by atoms with E-state index in [1.54, 1.807) is 128 Å². The lowest BCUT2D eigenvalue weighted by Gasteiger charge is -2.13. The van der Waals surface area contributed by atoms with E-state index in [9.17, 15) is 41.9 Å². The molecule has 0 bridgehead atoms. The molecule has 1 aliphatic heterocycles. The van der Waals surface area contributed by atoms with Gasteiger partial charge in [-0.3, -0.25) is 4.98 Å². The Morgan fingerprint density at radius 1 is 0.391 bits per heavy atom. The third kappa shape index (κ3) is 59.0. The second-order valence-corrected chi connectivity index (χ2v) is 29.8. The van der Waals surface area contributed by atoms with Gasteiger partial charge in [0.15, 0.2) is 11.5 Å². The minimum atomic E-state index is -4.44.